The third-order valence-electron chi connectivity index (χ3n) is 5.36. The van der Waals surface area contributed by atoms with Crippen molar-refractivity contribution in [2.45, 2.75) is 11.7 Å². The topological polar surface area (TPSA) is 111 Å². The normalized spacial score (nSPS) is 14.0. The Labute approximate surface area is 194 Å². The van der Waals surface area contributed by atoms with Gasteiger partial charge < -0.3 is 19.5 Å². The first-order valence-corrected chi connectivity index (χ1v) is 11.9. The Morgan fingerprint density at radius 3 is 2.79 bits per heavy atom. The van der Waals surface area contributed by atoms with E-state index < -0.39 is 0 Å². The van der Waals surface area contributed by atoms with E-state index in [-0.39, 0.29) is 11.6 Å². The minimum absolute atomic E-state index is 0.237. The summed E-state index contributed by atoms with van der Waals surface area (Å²) in [5.41, 5.74) is 1.85. The number of hydrogen-bond acceptors (Lipinski definition) is 9. The number of benzene rings is 1. The van der Waals surface area contributed by atoms with Crippen LogP contribution in [0.1, 0.15) is 10.5 Å². The van der Waals surface area contributed by atoms with Gasteiger partial charge in [-0.1, -0.05) is 47.3 Å². The van der Waals surface area contributed by atoms with Crippen molar-refractivity contribution >= 4 is 34.5 Å². The van der Waals surface area contributed by atoms with Gasteiger partial charge in [0.05, 0.1) is 31.3 Å². The predicted molar refractivity (Wildman–Crippen MR) is 124 cm³/mol. The van der Waals surface area contributed by atoms with Crippen LogP contribution in [0.15, 0.2) is 52.3 Å². The lowest BCUT2D eigenvalue weighted by molar-refractivity contribution is 0.0943. The molecule has 1 saturated heterocycles. The van der Waals surface area contributed by atoms with Crippen LogP contribution in [0.5, 0.6) is 0 Å². The van der Waals surface area contributed by atoms with Crippen LogP contribution < -0.4 is 10.2 Å². The maximum Gasteiger partial charge on any atom is 0.273 e. The molecule has 0 unspecified atom stereocenters. The molecular formula is C22H23N7O3S. The summed E-state index contributed by atoms with van der Waals surface area (Å²) in [6, 6.07) is 11.2. The Kier molecular flexibility index (Phi) is 6.22. The molecule has 0 aliphatic carbocycles. The fraction of sp³-hybridized carbons (Fsp3) is 0.318. The van der Waals surface area contributed by atoms with Gasteiger partial charge in [0, 0.05) is 31.3 Å². The van der Waals surface area contributed by atoms with Crippen LogP contribution in [0.4, 0.5) is 5.82 Å². The number of carbonyl (C=O) groups is 1. The van der Waals surface area contributed by atoms with Crippen molar-refractivity contribution in [1.29, 1.82) is 0 Å². The third kappa shape index (κ3) is 4.55. The fourth-order valence-corrected chi connectivity index (χ4v) is 4.03. The predicted octanol–water partition coefficient (Wildman–Crippen LogP) is 2.47. The van der Waals surface area contributed by atoms with Crippen molar-refractivity contribution in [2.75, 3.05) is 44.0 Å². The molecule has 170 valence electrons. The molecule has 0 bridgehead atoms. The molecule has 0 spiro atoms. The van der Waals surface area contributed by atoms with Crippen molar-refractivity contribution in [3.8, 4) is 11.3 Å². The van der Waals surface area contributed by atoms with Crippen LogP contribution in [0, 0.1) is 0 Å². The van der Waals surface area contributed by atoms with Gasteiger partial charge in [0.2, 0.25) is 0 Å². The maximum atomic E-state index is 12.5. The van der Waals surface area contributed by atoms with Gasteiger partial charge in [0.1, 0.15) is 5.82 Å². The molecule has 1 amide bonds. The van der Waals surface area contributed by atoms with Gasteiger partial charge in [-0.05, 0) is 6.26 Å². The van der Waals surface area contributed by atoms with E-state index in [9.17, 15) is 4.79 Å². The average molecular weight is 466 g/mol. The van der Waals surface area contributed by atoms with Crippen LogP contribution in [0.25, 0.3) is 22.4 Å². The fourth-order valence-electron chi connectivity index (χ4n) is 3.68. The minimum atomic E-state index is -0.300. The SMILES string of the molecule is CSc1nc(N2CCOCC2)c2cnn(CCNC(=O)c3cc(-c4ccccc4)on3)c2n1. The number of nitrogens with one attached hydrogen (secondary N) is 1. The average Bonchev–Trinajstić information content (AvgIpc) is 3.52. The molecule has 4 heterocycles. The van der Waals surface area contributed by atoms with E-state index in [2.05, 4.69) is 25.5 Å². The first kappa shape index (κ1) is 21.4. The Bertz CT molecular complexity index is 1250. The summed E-state index contributed by atoms with van der Waals surface area (Å²) >= 11 is 1.49. The number of carbonyl (C=O) groups excluding carboxylic acids is 1. The van der Waals surface area contributed by atoms with E-state index >= 15 is 0 Å². The first-order valence-electron chi connectivity index (χ1n) is 10.6. The summed E-state index contributed by atoms with van der Waals surface area (Å²) in [5, 5.41) is 12.9. The first-order chi connectivity index (χ1) is 16.2. The van der Waals surface area contributed by atoms with E-state index in [1.807, 2.05) is 36.6 Å². The Hall–Kier alpha value is -3.44. The second kappa shape index (κ2) is 9.59. The number of morpholine rings is 1. The van der Waals surface area contributed by atoms with E-state index in [1.165, 1.54) is 11.8 Å². The van der Waals surface area contributed by atoms with Gasteiger partial charge in [0.15, 0.2) is 22.3 Å². The zero-order valence-electron chi connectivity index (χ0n) is 18.1. The van der Waals surface area contributed by atoms with Gasteiger partial charge in [-0.25, -0.2) is 14.6 Å². The quantitative estimate of drug-likeness (QED) is 0.325. The molecule has 1 aliphatic rings. The summed E-state index contributed by atoms with van der Waals surface area (Å²) in [4.78, 5) is 24.1. The van der Waals surface area contributed by atoms with E-state index in [0.29, 0.717) is 37.2 Å². The lowest BCUT2D eigenvalue weighted by Crippen LogP contribution is -2.37. The lowest BCUT2D eigenvalue weighted by Gasteiger charge is -2.28. The summed E-state index contributed by atoms with van der Waals surface area (Å²) in [6.45, 7) is 3.75. The van der Waals surface area contributed by atoms with Crippen molar-refractivity contribution < 1.29 is 14.1 Å². The van der Waals surface area contributed by atoms with Gasteiger partial charge >= 0.3 is 0 Å². The highest BCUT2D eigenvalue weighted by Gasteiger charge is 2.20. The van der Waals surface area contributed by atoms with E-state index in [1.54, 1.807) is 16.9 Å². The van der Waals surface area contributed by atoms with Crippen molar-refractivity contribution in [3.63, 3.8) is 0 Å². The monoisotopic (exact) mass is 465 g/mol. The van der Waals surface area contributed by atoms with Gasteiger partial charge in [-0.3, -0.25) is 4.79 Å². The molecular weight excluding hydrogens is 442 g/mol. The molecule has 0 saturated carbocycles. The zero-order valence-corrected chi connectivity index (χ0v) is 18.9. The number of nitrogens with zero attached hydrogens (tertiary/aromatic N) is 6. The highest BCUT2D eigenvalue weighted by molar-refractivity contribution is 7.98. The van der Waals surface area contributed by atoms with Crippen LogP contribution >= 0.6 is 11.8 Å². The number of ether oxygens (including phenoxy) is 1. The summed E-state index contributed by atoms with van der Waals surface area (Å²) in [7, 11) is 0. The number of thioether (sulfide) groups is 1. The summed E-state index contributed by atoms with van der Waals surface area (Å²) in [6.07, 6.45) is 3.74. The van der Waals surface area contributed by atoms with Gasteiger partial charge in [-0.15, -0.1) is 0 Å². The summed E-state index contributed by atoms with van der Waals surface area (Å²) in [5.74, 6) is 1.13. The smallest absolute Gasteiger partial charge is 0.273 e. The highest BCUT2D eigenvalue weighted by atomic mass is 32.2. The Morgan fingerprint density at radius 1 is 1.18 bits per heavy atom. The molecule has 33 heavy (non-hydrogen) atoms. The highest BCUT2D eigenvalue weighted by Crippen LogP contribution is 2.27. The largest absolute Gasteiger partial charge is 0.378 e. The standard InChI is InChI=1S/C22H23N7O3S/c1-33-22-25-19(28-9-11-31-12-10-28)16-14-24-29(20(16)26-22)8-7-23-21(30)17-13-18(32-27-17)15-5-3-2-4-6-15/h2-6,13-14H,7-12H2,1H3,(H,23,30). The second-order valence-corrected chi connectivity index (χ2v) is 8.21. The summed E-state index contributed by atoms with van der Waals surface area (Å²) < 4.78 is 12.6. The molecule has 11 heteroatoms. The molecule has 1 aromatic carbocycles. The minimum Gasteiger partial charge on any atom is -0.378 e. The van der Waals surface area contributed by atoms with Crippen molar-refractivity contribution in [2.24, 2.45) is 0 Å². The van der Waals surface area contributed by atoms with Crippen LogP contribution in [-0.2, 0) is 11.3 Å². The van der Waals surface area contributed by atoms with Gasteiger partial charge in [0.25, 0.3) is 5.91 Å². The Morgan fingerprint density at radius 2 is 2.00 bits per heavy atom. The maximum absolute atomic E-state index is 12.5. The van der Waals surface area contributed by atoms with Crippen molar-refractivity contribution in [1.82, 2.24) is 30.2 Å². The number of hydrogen-bond donors (Lipinski definition) is 1. The van der Waals surface area contributed by atoms with E-state index in [4.69, 9.17) is 14.2 Å². The van der Waals surface area contributed by atoms with Crippen LogP contribution in [0.3, 0.4) is 0 Å². The third-order valence-corrected chi connectivity index (χ3v) is 5.91. The van der Waals surface area contributed by atoms with Gasteiger partial charge in [-0.2, -0.15) is 5.10 Å². The molecule has 4 aromatic rings. The molecule has 3 aromatic heterocycles. The number of rotatable bonds is 7. The van der Waals surface area contributed by atoms with E-state index in [0.717, 1.165) is 35.5 Å². The number of aromatic nitrogens is 5. The molecule has 10 nitrogen and oxygen atoms in total. The second-order valence-electron chi connectivity index (χ2n) is 7.44. The molecule has 5 rings (SSSR count). The number of fused-ring (bicyclic) bond motifs is 1. The Balaban J connectivity index is 1.28. The van der Waals surface area contributed by atoms with Crippen LogP contribution in [-0.4, -0.2) is 69.9 Å². The molecule has 1 N–H and O–H groups in total. The lowest BCUT2D eigenvalue weighted by atomic mass is 10.1. The van der Waals surface area contributed by atoms with Crippen LogP contribution in [0.2, 0.25) is 0 Å². The molecule has 1 fully saturated rings. The van der Waals surface area contributed by atoms with Crippen molar-refractivity contribution in [3.05, 3.63) is 48.3 Å². The molecule has 1 aliphatic heterocycles. The molecule has 0 atom stereocenters. The zero-order chi connectivity index (χ0) is 22.6. The number of amides is 1. The number of anilines is 1. The molecule has 0 radical (unpaired) electrons.